The molecule has 0 radical (unpaired) electrons. The molecule has 2 aliphatic heterocycles. The Labute approximate surface area is 110 Å². The van der Waals surface area contributed by atoms with Crippen LogP contribution in [0.5, 0.6) is 0 Å². The van der Waals surface area contributed by atoms with Gasteiger partial charge < -0.3 is 10.6 Å². The van der Waals surface area contributed by atoms with Crippen LogP contribution in [0.3, 0.4) is 0 Å². The van der Waals surface area contributed by atoms with Gasteiger partial charge in [0.05, 0.1) is 0 Å². The molecule has 0 aliphatic carbocycles. The zero-order chi connectivity index (χ0) is 13.0. The third kappa shape index (κ3) is 3.23. The zero-order valence-electron chi connectivity index (χ0n) is 11.6. The van der Waals surface area contributed by atoms with E-state index < -0.39 is 0 Å². The van der Waals surface area contributed by atoms with Gasteiger partial charge in [-0.25, -0.2) is 0 Å². The van der Waals surface area contributed by atoms with E-state index in [0.29, 0.717) is 18.5 Å². The highest BCUT2D eigenvalue weighted by Gasteiger charge is 2.32. The molecule has 2 saturated heterocycles. The minimum Gasteiger partial charge on any atom is -0.341 e. The lowest BCUT2D eigenvalue weighted by atomic mass is 10.1. The highest BCUT2D eigenvalue weighted by atomic mass is 16.2. The SMILES string of the molecule is CC(CCN)C(=O)N1CCC(N2CCCCC2)C1. The van der Waals surface area contributed by atoms with Gasteiger partial charge in [0.2, 0.25) is 5.91 Å². The molecule has 104 valence electrons. The van der Waals surface area contributed by atoms with Crippen LogP contribution in [0.25, 0.3) is 0 Å². The molecule has 0 spiro atoms. The number of amides is 1. The minimum absolute atomic E-state index is 0.0927. The molecule has 2 fully saturated rings. The first-order valence-electron chi connectivity index (χ1n) is 7.45. The van der Waals surface area contributed by atoms with Crippen LogP contribution in [0.4, 0.5) is 0 Å². The van der Waals surface area contributed by atoms with E-state index in [-0.39, 0.29) is 5.92 Å². The second-order valence-corrected chi connectivity index (χ2v) is 5.80. The van der Waals surface area contributed by atoms with Crippen LogP contribution in [0.2, 0.25) is 0 Å². The topological polar surface area (TPSA) is 49.6 Å². The van der Waals surface area contributed by atoms with Crippen molar-refractivity contribution in [1.29, 1.82) is 0 Å². The van der Waals surface area contributed by atoms with E-state index in [1.807, 2.05) is 6.92 Å². The van der Waals surface area contributed by atoms with Gasteiger partial charge in [-0.2, -0.15) is 0 Å². The van der Waals surface area contributed by atoms with Gasteiger partial charge in [0.15, 0.2) is 0 Å². The molecular formula is C14H27N3O. The van der Waals surface area contributed by atoms with Crippen molar-refractivity contribution in [2.75, 3.05) is 32.7 Å². The highest BCUT2D eigenvalue weighted by Crippen LogP contribution is 2.21. The van der Waals surface area contributed by atoms with Crippen LogP contribution >= 0.6 is 0 Å². The van der Waals surface area contributed by atoms with Gasteiger partial charge >= 0.3 is 0 Å². The lowest BCUT2D eigenvalue weighted by Crippen LogP contribution is -2.42. The second-order valence-electron chi connectivity index (χ2n) is 5.80. The molecule has 2 aliphatic rings. The van der Waals surface area contributed by atoms with Crippen LogP contribution in [-0.4, -0.2) is 54.5 Å². The Morgan fingerprint density at radius 1 is 1.28 bits per heavy atom. The number of carbonyl (C=O) groups excluding carboxylic acids is 1. The van der Waals surface area contributed by atoms with Crippen molar-refractivity contribution < 1.29 is 4.79 Å². The van der Waals surface area contributed by atoms with Crippen LogP contribution in [-0.2, 0) is 4.79 Å². The molecule has 0 aromatic carbocycles. The standard InChI is InChI=1S/C14H27N3O/c1-12(5-7-15)14(18)17-10-6-13(11-17)16-8-3-2-4-9-16/h12-13H,2-11,15H2,1H3. The lowest BCUT2D eigenvalue weighted by Gasteiger charge is -2.32. The Hall–Kier alpha value is -0.610. The van der Waals surface area contributed by atoms with Gasteiger partial charge in [0.25, 0.3) is 0 Å². The van der Waals surface area contributed by atoms with Crippen molar-refractivity contribution in [3.05, 3.63) is 0 Å². The van der Waals surface area contributed by atoms with E-state index in [9.17, 15) is 4.79 Å². The van der Waals surface area contributed by atoms with Gasteiger partial charge in [-0.15, -0.1) is 0 Å². The molecule has 0 aromatic rings. The van der Waals surface area contributed by atoms with Crippen LogP contribution in [0.1, 0.15) is 39.0 Å². The van der Waals surface area contributed by atoms with E-state index in [2.05, 4.69) is 9.80 Å². The molecule has 2 N–H and O–H groups in total. The summed E-state index contributed by atoms with van der Waals surface area (Å²) in [5, 5.41) is 0. The van der Waals surface area contributed by atoms with Crippen LogP contribution in [0, 0.1) is 5.92 Å². The summed E-state index contributed by atoms with van der Waals surface area (Å²) >= 11 is 0. The molecule has 0 aromatic heterocycles. The first kappa shape index (κ1) is 13.8. The average Bonchev–Trinajstić information content (AvgIpc) is 2.89. The van der Waals surface area contributed by atoms with Gasteiger partial charge in [0.1, 0.15) is 0 Å². The molecule has 0 saturated carbocycles. The monoisotopic (exact) mass is 253 g/mol. The fourth-order valence-corrected chi connectivity index (χ4v) is 3.21. The molecule has 4 heteroatoms. The number of piperidine rings is 1. The number of carbonyl (C=O) groups is 1. The lowest BCUT2D eigenvalue weighted by molar-refractivity contribution is -0.134. The summed E-state index contributed by atoms with van der Waals surface area (Å²) in [6, 6.07) is 0.610. The predicted molar refractivity (Wildman–Crippen MR) is 73.2 cm³/mol. The zero-order valence-corrected chi connectivity index (χ0v) is 11.6. The highest BCUT2D eigenvalue weighted by molar-refractivity contribution is 5.78. The molecule has 2 heterocycles. The number of hydrogen-bond acceptors (Lipinski definition) is 3. The first-order chi connectivity index (χ1) is 8.72. The summed E-state index contributed by atoms with van der Waals surface area (Å²) in [4.78, 5) is 16.9. The number of nitrogens with two attached hydrogens (primary N) is 1. The molecule has 4 nitrogen and oxygen atoms in total. The van der Waals surface area contributed by atoms with Crippen molar-refractivity contribution in [2.45, 2.75) is 45.1 Å². The van der Waals surface area contributed by atoms with Crippen LogP contribution in [0.15, 0.2) is 0 Å². The third-order valence-electron chi connectivity index (χ3n) is 4.40. The van der Waals surface area contributed by atoms with Crippen molar-refractivity contribution in [3.63, 3.8) is 0 Å². The molecule has 2 rings (SSSR count). The fraction of sp³-hybridized carbons (Fsp3) is 0.929. The largest absolute Gasteiger partial charge is 0.341 e. The Morgan fingerprint density at radius 2 is 2.00 bits per heavy atom. The summed E-state index contributed by atoms with van der Waals surface area (Å²) in [7, 11) is 0. The number of likely N-dealkylation sites (tertiary alicyclic amines) is 2. The van der Waals surface area contributed by atoms with Crippen molar-refractivity contribution in [2.24, 2.45) is 11.7 Å². The van der Waals surface area contributed by atoms with Gasteiger partial charge in [-0.3, -0.25) is 9.69 Å². The minimum atomic E-state index is 0.0927. The Morgan fingerprint density at radius 3 is 2.67 bits per heavy atom. The molecule has 0 bridgehead atoms. The molecule has 1 amide bonds. The summed E-state index contributed by atoms with van der Waals surface area (Å²) in [6.45, 7) is 6.94. The number of rotatable bonds is 4. The van der Waals surface area contributed by atoms with Gasteiger partial charge in [0, 0.05) is 25.0 Å². The van der Waals surface area contributed by atoms with Crippen molar-refractivity contribution in [3.8, 4) is 0 Å². The maximum atomic E-state index is 12.2. The van der Waals surface area contributed by atoms with E-state index in [1.165, 1.54) is 32.4 Å². The summed E-state index contributed by atoms with van der Waals surface area (Å²) in [5.74, 6) is 0.398. The molecular weight excluding hydrogens is 226 g/mol. The molecule has 2 unspecified atom stereocenters. The quantitative estimate of drug-likeness (QED) is 0.815. The summed E-state index contributed by atoms with van der Waals surface area (Å²) in [6.07, 6.45) is 5.99. The maximum absolute atomic E-state index is 12.2. The van der Waals surface area contributed by atoms with Gasteiger partial charge in [-0.1, -0.05) is 13.3 Å². The van der Waals surface area contributed by atoms with E-state index in [0.717, 1.165) is 25.9 Å². The first-order valence-corrected chi connectivity index (χ1v) is 7.45. The Kier molecular flexibility index (Phi) is 5.01. The van der Waals surface area contributed by atoms with E-state index in [4.69, 9.17) is 5.73 Å². The van der Waals surface area contributed by atoms with E-state index >= 15 is 0 Å². The van der Waals surface area contributed by atoms with E-state index in [1.54, 1.807) is 0 Å². The van der Waals surface area contributed by atoms with Crippen molar-refractivity contribution in [1.82, 2.24) is 9.80 Å². The Balaban J connectivity index is 1.81. The second kappa shape index (κ2) is 6.53. The summed E-state index contributed by atoms with van der Waals surface area (Å²) < 4.78 is 0. The van der Waals surface area contributed by atoms with Crippen molar-refractivity contribution >= 4 is 5.91 Å². The fourth-order valence-electron chi connectivity index (χ4n) is 3.21. The molecule has 18 heavy (non-hydrogen) atoms. The summed E-state index contributed by atoms with van der Waals surface area (Å²) in [5.41, 5.74) is 5.53. The third-order valence-corrected chi connectivity index (χ3v) is 4.40. The maximum Gasteiger partial charge on any atom is 0.225 e. The number of hydrogen-bond donors (Lipinski definition) is 1. The Bertz CT molecular complexity index is 276. The number of nitrogens with zero attached hydrogens (tertiary/aromatic N) is 2. The predicted octanol–water partition coefficient (Wildman–Crippen LogP) is 1.06. The average molecular weight is 253 g/mol. The van der Waals surface area contributed by atoms with Gasteiger partial charge in [-0.05, 0) is 45.3 Å². The smallest absolute Gasteiger partial charge is 0.225 e. The van der Waals surface area contributed by atoms with Crippen LogP contribution < -0.4 is 5.73 Å². The normalized spacial score (nSPS) is 27.4. The molecule has 2 atom stereocenters.